The molecular weight excluding hydrogens is 362 g/mol. The van der Waals surface area contributed by atoms with Gasteiger partial charge >= 0.3 is 0 Å². The summed E-state index contributed by atoms with van der Waals surface area (Å²) in [6.45, 7) is 2.09. The number of benzene rings is 2. The first kappa shape index (κ1) is 16.0. The molecule has 0 saturated heterocycles. The predicted molar refractivity (Wildman–Crippen MR) is 92.7 cm³/mol. The van der Waals surface area contributed by atoms with E-state index in [1.165, 1.54) is 17.0 Å². The molecule has 0 spiro atoms. The Morgan fingerprint density at radius 3 is 1.56 bits per heavy atom. The molecule has 2 aliphatic heterocycles. The predicted octanol–water partition coefficient (Wildman–Crippen LogP) is 1.61. The maximum absolute atomic E-state index is 12.3. The van der Waals surface area contributed by atoms with Gasteiger partial charge in [0.05, 0.1) is 0 Å². The zero-order valence-corrected chi connectivity index (χ0v) is 14.8. The van der Waals surface area contributed by atoms with Crippen molar-refractivity contribution in [1.29, 1.82) is 0 Å². The summed E-state index contributed by atoms with van der Waals surface area (Å²) in [6.07, 6.45) is 0. The monoisotopic (exact) mass is 375 g/mol. The normalized spacial score (nSPS) is 18.9. The number of hydrogen-bond donors (Lipinski definition) is 0. The fraction of sp³-hybridized carbons (Fsp3) is 0.125. The SMILES string of the molecule is CCN(C1=NS(=O)(=O)c2ccccc21)C1=NS(=O)(=O)c2ccccc21. The molecule has 0 unspecified atom stereocenters. The first-order valence-electron chi connectivity index (χ1n) is 7.51. The third kappa shape index (κ3) is 2.30. The minimum absolute atomic E-state index is 0.109. The van der Waals surface area contributed by atoms with E-state index in [1.54, 1.807) is 43.3 Å². The van der Waals surface area contributed by atoms with Crippen LogP contribution in [0.25, 0.3) is 0 Å². The molecule has 2 aromatic rings. The number of nitrogens with zero attached hydrogens (tertiary/aromatic N) is 3. The summed E-state index contributed by atoms with van der Waals surface area (Å²) in [5.41, 5.74) is 0.877. The molecule has 2 aromatic carbocycles. The fourth-order valence-electron chi connectivity index (χ4n) is 2.97. The molecule has 2 aliphatic rings. The molecule has 2 heterocycles. The van der Waals surface area contributed by atoms with E-state index < -0.39 is 20.0 Å². The lowest BCUT2D eigenvalue weighted by atomic mass is 10.1. The van der Waals surface area contributed by atoms with Crippen LogP contribution in [-0.2, 0) is 20.0 Å². The Hall–Kier alpha value is -2.52. The summed E-state index contributed by atoms with van der Waals surface area (Å²) in [7, 11) is -7.61. The van der Waals surface area contributed by atoms with Crippen LogP contribution >= 0.6 is 0 Å². The van der Waals surface area contributed by atoms with Crippen LogP contribution in [0.1, 0.15) is 18.1 Å². The van der Waals surface area contributed by atoms with Crippen LogP contribution in [0.15, 0.2) is 67.1 Å². The molecule has 0 amide bonds. The summed E-state index contributed by atoms with van der Waals surface area (Å²) in [5.74, 6) is 0.368. The Balaban J connectivity index is 1.93. The number of sulfonamides is 2. The average molecular weight is 375 g/mol. The van der Waals surface area contributed by atoms with E-state index in [9.17, 15) is 16.8 Å². The van der Waals surface area contributed by atoms with E-state index in [4.69, 9.17) is 0 Å². The third-order valence-electron chi connectivity index (χ3n) is 4.05. The van der Waals surface area contributed by atoms with Crippen LogP contribution in [0.2, 0.25) is 0 Å². The highest BCUT2D eigenvalue weighted by Gasteiger charge is 2.37. The molecule has 0 aromatic heterocycles. The molecule has 0 bridgehead atoms. The first-order chi connectivity index (χ1) is 11.8. The maximum Gasteiger partial charge on any atom is 0.285 e. The number of amidine groups is 2. The van der Waals surface area contributed by atoms with E-state index in [-0.39, 0.29) is 21.5 Å². The van der Waals surface area contributed by atoms with E-state index in [0.717, 1.165) is 0 Å². The zero-order valence-electron chi connectivity index (χ0n) is 13.1. The molecule has 128 valence electrons. The zero-order chi connectivity index (χ0) is 17.8. The van der Waals surface area contributed by atoms with Crippen LogP contribution in [0.4, 0.5) is 0 Å². The lowest BCUT2D eigenvalue weighted by Crippen LogP contribution is -2.36. The second-order valence-electron chi connectivity index (χ2n) is 5.52. The first-order valence-corrected chi connectivity index (χ1v) is 10.4. The van der Waals surface area contributed by atoms with Gasteiger partial charge in [-0.05, 0) is 31.2 Å². The Morgan fingerprint density at radius 2 is 1.16 bits per heavy atom. The van der Waals surface area contributed by atoms with Gasteiger partial charge in [-0.2, -0.15) is 16.8 Å². The number of fused-ring (bicyclic) bond motifs is 2. The van der Waals surface area contributed by atoms with Crippen molar-refractivity contribution in [2.45, 2.75) is 16.7 Å². The molecule has 0 saturated carbocycles. The van der Waals surface area contributed by atoms with Gasteiger partial charge in [0.25, 0.3) is 20.0 Å². The second-order valence-corrected chi connectivity index (χ2v) is 8.66. The van der Waals surface area contributed by atoms with Gasteiger partial charge in [-0.3, -0.25) is 0 Å². The van der Waals surface area contributed by atoms with E-state index in [0.29, 0.717) is 17.7 Å². The number of hydrogen-bond acceptors (Lipinski definition) is 5. The van der Waals surface area contributed by atoms with Crippen molar-refractivity contribution in [3.63, 3.8) is 0 Å². The Morgan fingerprint density at radius 1 is 0.760 bits per heavy atom. The smallest absolute Gasteiger partial charge is 0.285 e. The van der Waals surface area contributed by atoms with Crippen LogP contribution < -0.4 is 0 Å². The lowest BCUT2D eigenvalue weighted by molar-refractivity contribution is 0.597. The van der Waals surface area contributed by atoms with Crippen LogP contribution in [0.5, 0.6) is 0 Å². The van der Waals surface area contributed by atoms with Gasteiger partial charge in [-0.25, -0.2) is 0 Å². The summed E-state index contributed by atoms with van der Waals surface area (Å²) < 4.78 is 56.9. The fourth-order valence-corrected chi connectivity index (χ4v) is 5.39. The highest BCUT2D eigenvalue weighted by molar-refractivity contribution is 7.91. The molecule has 9 heteroatoms. The van der Waals surface area contributed by atoms with E-state index in [1.807, 2.05) is 0 Å². The van der Waals surface area contributed by atoms with Gasteiger partial charge in [0, 0.05) is 17.7 Å². The van der Waals surface area contributed by atoms with Crippen molar-refractivity contribution in [2.75, 3.05) is 6.54 Å². The van der Waals surface area contributed by atoms with Crippen molar-refractivity contribution < 1.29 is 16.8 Å². The van der Waals surface area contributed by atoms with Crippen molar-refractivity contribution in [2.24, 2.45) is 8.80 Å². The molecule has 0 N–H and O–H groups in total. The van der Waals surface area contributed by atoms with Crippen molar-refractivity contribution >= 4 is 31.7 Å². The van der Waals surface area contributed by atoms with Crippen LogP contribution in [-0.4, -0.2) is 40.0 Å². The van der Waals surface area contributed by atoms with Crippen LogP contribution in [0, 0.1) is 0 Å². The van der Waals surface area contributed by atoms with Crippen molar-refractivity contribution in [1.82, 2.24) is 4.90 Å². The van der Waals surface area contributed by atoms with Crippen molar-refractivity contribution in [3.05, 3.63) is 59.7 Å². The second kappa shape index (κ2) is 5.24. The largest absolute Gasteiger partial charge is 0.309 e. The molecule has 0 radical (unpaired) electrons. The van der Waals surface area contributed by atoms with Gasteiger partial charge < -0.3 is 4.90 Å². The molecule has 0 aliphatic carbocycles. The average Bonchev–Trinajstić information content (AvgIpc) is 3.01. The standard InChI is InChI=1S/C16H13N3O4S2/c1-2-19(15-11-7-3-5-9-13(11)24(20,21)17-15)16-12-8-4-6-10-14(12)25(22,23)18-16/h3-10H,2H2,1H3. The maximum atomic E-state index is 12.3. The summed E-state index contributed by atoms with van der Waals surface area (Å²) in [4.78, 5) is 1.74. The summed E-state index contributed by atoms with van der Waals surface area (Å²) in [5, 5.41) is 0. The molecule has 0 fully saturated rings. The molecular formula is C16H13N3O4S2. The van der Waals surface area contributed by atoms with E-state index in [2.05, 4.69) is 8.80 Å². The van der Waals surface area contributed by atoms with E-state index >= 15 is 0 Å². The van der Waals surface area contributed by atoms with Crippen LogP contribution in [0.3, 0.4) is 0 Å². The Kier molecular flexibility index (Phi) is 3.35. The molecule has 7 nitrogen and oxygen atoms in total. The van der Waals surface area contributed by atoms with Crippen molar-refractivity contribution in [3.8, 4) is 0 Å². The van der Waals surface area contributed by atoms with Gasteiger partial charge in [0.15, 0.2) is 11.7 Å². The quantitative estimate of drug-likeness (QED) is 0.754. The Labute approximate surface area is 145 Å². The number of rotatable bonds is 1. The van der Waals surface area contributed by atoms with Gasteiger partial charge in [-0.15, -0.1) is 8.80 Å². The molecule has 25 heavy (non-hydrogen) atoms. The highest BCUT2D eigenvalue weighted by Crippen LogP contribution is 2.32. The summed E-state index contributed by atoms with van der Waals surface area (Å²) in [6, 6.07) is 12.9. The van der Waals surface area contributed by atoms with Gasteiger partial charge in [0.1, 0.15) is 9.79 Å². The van der Waals surface area contributed by atoms with Gasteiger partial charge in [-0.1, -0.05) is 24.3 Å². The Bertz CT molecular complexity index is 1070. The highest BCUT2D eigenvalue weighted by atomic mass is 32.2. The molecule has 4 rings (SSSR count). The topological polar surface area (TPSA) is 96.2 Å². The minimum Gasteiger partial charge on any atom is -0.309 e. The van der Waals surface area contributed by atoms with Gasteiger partial charge in [0.2, 0.25) is 0 Å². The lowest BCUT2D eigenvalue weighted by Gasteiger charge is -2.22. The molecule has 0 atom stereocenters. The minimum atomic E-state index is -3.80. The summed E-state index contributed by atoms with van der Waals surface area (Å²) >= 11 is 0. The third-order valence-corrected chi connectivity index (χ3v) is 6.70.